The zero-order valence-electron chi connectivity index (χ0n) is 26.2. The number of carbonyl (C=O) groups is 3. The molecule has 3 atom stereocenters. The molecule has 3 heterocycles. The number of hydrogen-bond acceptors (Lipinski definition) is 8. The average molecular weight is 624 g/mol. The Hall–Kier alpha value is -3.87. The maximum Gasteiger partial charge on any atom is 0.319 e. The van der Waals surface area contributed by atoms with Crippen molar-refractivity contribution in [1.29, 1.82) is 0 Å². The van der Waals surface area contributed by atoms with Crippen molar-refractivity contribution in [3.05, 3.63) is 53.1 Å². The van der Waals surface area contributed by atoms with Gasteiger partial charge in [0, 0.05) is 69.5 Å². The van der Waals surface area contributed by atoms with Crippen LogP contribution in [0.5, 0.6) is 11.5 Å². The number of carboxylic acids is 1. The predicted molar refractivity (Wildman–Crippen MR) is 168 cm³/mol. The van der Waals surface area contributed by atoms with Gasteiger partial charge in [0.2, 0.25) is 12.7 Å². The summed E-state index contributed by atoms with van der Waals surface area (Å²) in [4.78, 5) is 47.2. The van der Waals surface area contributed by atoms with Crippen molar-refractivity contribution in [2.45, 2.75) is 57.7 Å². The van der Waals surface area contributed by atoms with Crippen molar-refractivity contribution in [1.82, 2.24) is 14.7 Å². The number of benzene rings is 2. The van der Waals surface area contributed by atoms with E-state index in [1.165, 1.54) is 0 Å². The topological polar surface area (TPSA) is 149 Å². The molecule has 2 fully saturated rings. The van der Waals surface area contributed by atoms with Crippen LogP contribution >= 0.6 is 0 Å². The van der Waals surface area contributed by atoms with Crippen molar-refractivity contribution >= 4 is 23.6 Å². The lowest BCUT2D eigenvalue weighted by Crippen LogP contribution is -2.50. The largest absolute Gasteiger partial charge is 0.481 e. The Morgan fingerprint density at radius 2 is 1.98 bits per heavy atom. The summed E-state index contributed by atoms with van der Waals surface area (Å²) in [6.45, 7) is 4.73. The Bertz CT molecular complexity index is 1390. The number of unbranched alkanes of at least 4 members (excludes halogenated alkanes) is 1. The van der Waals surface area contributed by atoms with E-state index in [4.69, 9.17) is 15.2 Å². The Labute approximate surface area is 264 Å². The van der Waals surface area contributed by atoms with Crippen LogP contribution in [0.3, 0.4) is 0 Å². The molecule has 0 saturated carbocycles. The summed E-state index contributed by atoms with van der Waals surface area (Å²) >= 11 is 0. The molecule has 0 aromatic heterocycles. The summed E-state index contributed by atoms with van der Waals surface area (Å²) in [5.74, 6) is -1.49. The van der Waals surface area contributed by atoms with Crippen LogP contribution in [-0.4, -0.2) is 102 Å². The van der Waals surface area contributed by atoms with Gasteiger partial charge in [-0.3, -0.25) is 14.5 Å². The van der Waals surface area contributed by atoms with Gasteiger partial charge in [0.05, 0.1) is 19.1 Å². The van der Waals surface area contributed by atoms with Crippen LogP contribution in [0.2, 0.25) is 0 Å². The van der Waals surface area contributed by atoms with Gasteiger partial charge in [0.15, 0.2) is 11.5 Å². The van der Waals surface area contributed by atoms with E-state index in [0.717, 1.165) is 30.5 Å². The van der Waals surface area contributed by atoms with Gasteiger partial charge >= 0.3 is 12.0 Å². The number of aliphatic carboxylic acids is 1. The molecule has 0 aliphatic carbocycles. The van der Waals surface area contributed by atoms with E-state index in [1.54, 1.807) is 33.9 Å². The third kappa shape index (κ3) is 7.03. The first-order chi connectivity index (χ1) is 21.7. The van der Waals surface area contributed by atoms with E-state index in [9.17, 15) is 24.6 Å². The zero-order valence-corrected chi connectivity index (χ0v) is 26.2. The monoisotopic (exact) mass is 623 g/mol. The number of anilines is 1. The molecule has 12 heteroatoms. The average Bonchev–Trinajstić information content (AvgIpc) is 3.66. The standard InChI is InChI=1S/C33H45N5O7/c1-3-4-12-38(25-8-5-7-22(14-25)17-34)29(40)19-37-18-26(23-15-24(20-39)31-28(16-23)44-21-45-31)30(32(41)42)27(37)9-13-36-11-6-10-35(2)33(36)43/h5,7-8,14-16,26-27,30,39H,3-4,6,9-13,17-21,34H2,1-2H3,(H,41,42)/t26-,27+,30-/m1/s1. The minimum Gasteiger partial charge on any atom is -0.481 e. The number of nitrogens with zero attached hydrogens (tertiary/aromatic N) is 4. The van der Waals surface area contributed by atoms with Crippen LogP contribution in [0.4, 0.5) is 10.5 Å². The smallest absolute Gasteiger partial charge is 0.319 e. The Morgan fingerprint density at radius 3 is 2.71 bits per heavy atom. The van der Waals surface area contributed by atoms with Crippen molar-refractivity contribution < 1.29 is 34.1 Å². The number of amides is 3. The summed E-state index contributed by atoms with van der Waals surface area (Å²) in [6.07, 6.45) is 2.96. The van der Waals surface area contributed by atoms with Crippen molar-refractivity contribution in [3.8, 4) is 11.5 Å². The van der Waals surface area contributed by atoms with E-state index >= 15 is 0 Å². The number of carbonyl (C=O) groups excluding carboxylic acids is 2. The summed E-state index contributed by atoms with van der Waals surface area (Å²) < 4.78 is 11.2. The molecule has 2 saturated heterocycles. The highest BCUT2D eigenvalue weighted by atomic mass is 16.7. The molecule has 0 spiro atoms. The Balaban J connectivity index is 1.46. The number of rotatable bonds is 13. The number of hydrogen-bond donors (Lipinski definition) is 3. The first-order valence-electron chi connectivity index (χ1n) is 15.8. The van der Waals surface area contributed by atoms with Crippen LogP contribution in [0, 0.1) is 5.92 Å². The van der Waals surface area contributed by atoms with Crippen LogP contribution < -0.4 is 20.1 Å². The van der Waals surface area contributed by atoms with E-state index < -0.39 is 23.8 Å². The first-order valence-corrected chi connectivity index (χ1v) is 15.8. The van der Waals surface area contributed by atoms with Gasteiger partial charge in [-0.1, -0.05) is 25.5 Å². The number of urea groups is 1. The number of carboxylic acid groups (broad SMARTS) is 1. The quantitative estimate of drug-likeness (QED) is 0.306. The number of aliphatic hydroxyl groups is 1. The number of aliphatic hydroxyl groups excluding tert-OH is 1. The second-order valence-electron chi connectivity index (χ2n) is 12.1. The van der Waals surface area contributed by atoms with Crippen LogP contribution in [0.25, 0.3) is 0 Å². The summed E-state index contributed by atoms with van der Waals surface area (Å²) in [5.41, 5.74) is 8.83. The molecule has 3 aliphatic rings. The van der Waals surface area contributed by atoms with Gasteiger partial charge in [-0.2, -0.15) is 0 Å². The molecule has 12 nitrogen and oxygen atoms in total. The van der Waals surface area contributed by atoms with Crippen LogP contribution in [-0.2, 0) is 22.7 Å². The minimum atomic E-state index is -0.969. The zero-order chi connectivity index (χ0) is 32.1. The molecule has 0 bridgehead atoms. The fourth-order valence-electron chi connectivity index (χ4n) is 6.88. The van der Waals surface area contributed by atoms with Crippen molar-refractivity contribution in [2.75, 3.05) is 58.0 Å². The molecule has 0 radical (unpaired) electrons. The van der Waals surface area contributed by atoms with Gasteiger partial charge in [0.1, 0.15) is 0 Å². The fraction of sp³-hybridized carbons (Fsp3) is 0.545. The maximum atomic E-state index is 14.1. The van der Waals surface area contributed by atoms with Gasteiger partial charge in [-0.05, 0) is 54.7 Å². The highest BCUT2D eigenvalue weighted by Gasteiger charge is 2.48. The molecular formula is C33H45N5O7. The van der Waals surface area contributed by atoms with Crippen molar-refractivity contribution in [2.24, 2.45) is 11.7 Å². The number of ether oxygens (including phenoxy) is 2. The van der Waals surface area contributed by atoms with Gasteiger partial charge in [0.25, 0.3) is 0 Å². The lowest BCUT2D eigenvalue weighted by Gasteiger charge is -2.35. The molecule has 3 amide bonds. The molecular weight excluding hydrogens is 578 g/mol. The number of nitrogens with two attached hydrogens (primary N) is 1. The second-order valence-corrected chi connectivity index (χ2v) is 12.1. The van der Waals surface area contributed by atoms with Crippen molar-refractivity contribution in [3.63, 3.8) is 0 Å². The van der Waals surface area contributed by atoms with E-state index in [1.807, 2.05) is 29.2 Å². The van der Waals surface area contributed by atoms with Crippen LogP contribution in [0.1, 0.15) is 55.2 Å². The second kappa shape index (κ2) is 14.5. The molecule has 4 N–H and O–H groups in total. The molecule has 0 unspecified atom stereocenters. The third-order valence-electron chi connectivity index (χ3n) is 9.25. The maximum absolute atomic E-state index is 14.1. The summed E-state index contributed by atoms with van der Waals surface area (Å²) in [6, 6.07) is 10.6. The van der Waals surface area contributed by atoms with Crippen LogP contribution in [0.15, 0.2) is 36.4 Å². The lowest BCUT2D eigenvalue weighted by molar-refractivity contribution is -0.143. The van der Waals surface area contributed by atoms with Gasteiger partial charge in [-0.15, -0.1) is 0 Å². The molecule has 5 rings (SSSR count). The summed E-state index contributed by atoms with van der Waals surface area (Å²) in [7, 11) is 1.77. The lowest BCUT2D eigenvalue weighted by atomic mass is 9.83. The first kappa shape index (κ1) is 32.5. The predicted octanol–water partition coefficient (Wildman–Crippen LogP) is 2.82. The van der Waals surface area contributed by atoms with Gasteiger partial charge in [-0.25, -0.2) is 4.79 Å². The molecule has 45 heavy (non-hydrogen) atoms. The fourth-order valence-corrected chi connectivity index (χ4v) is 6.88. The minimum absolute atomic E-state index is 0.0206. The number of fused-ring (bicyclic) bond motifs is 1. The Morgan fingerprint density at radius 1 is 1.16 bits per heavy atom. The Kier molecular flexibility index (Phi) is 10.5. The molecule has 2 aromatic carbocycles. The van der Waals surface area contributed by atoms with E-state index in [-0.39, 0.29) is 31.9 Å². The van der Waals surface area contributed by atoms with Gasteiger partial charge < -0.3 is 40.1 Å². The molecule has 244 valence electrons. The third-order valence-corrected chi connectivity index (χ3v) is 9.25. The normalized spacial score (nSPS) is 21.4. The SMILES string of the molecule is CCCCN(C(=O)CN1C[C@H](c2cc(CO)c3c(c2)OCO3)[C@@H](C(=O)O)[C@@H]1CCN1CCCN(C)C1=O)c1cccc(CN)c1. The number of likely N-dealkylation sites (tertiary alicyclic amines) is 1. The molecule has 3 aliphatic heterocycles. The molecule has 2 aromatic rings. The van der Waals surface area contributed by atoms with E-state index in [2.05, 4.69) is 6.92 Å². The highest BCUT2D eigenvalue weighted by Crippen LogP contribution is 2.44. The summed E-state index contributed by atoms with van der Waals surface area (Å²) in [5, 5.41) is 20.7. The highest BCUT2D eigenvalue weighted by molar-refractivity contribution is 5.95. The van der Waals surface area contributed by atoms with E-state index in [0.29, 0.717) is 68.3 Å².